The number of hydrogen-bond donors (Lipinski definition) is 3. The van der Waals surface area contributed by atoms with Gasteiger partial charge in [0.25, 0.3) is 0 Å². The molecular formula is C14H28N4O2. The molecule has 1 rings (SSSR count). The number of nitrogens with one attached hydrogen (secondary N) is 1. The topological polar surface area (TPSA) is 91.0 Å². The number of amidine groups is 1. The molecule has 1 aliphatic carbocycles. The monoisotopic (exact) mass is 284 g/mol. The molecule has 116 valence electrons. The van der Waals surface area contributed by atoms with E-state index in [1.807, 2.05) is 14.1 Å². The van der Waals surface area contributed by atoms with Gasteiger partial charge < -0.3 is 21.2 Å². The number of nitrogens with two attached hydrogens (primary N) is 1. The first-order chi connectivity index (χ1) is 9.53. The van der Waals surface area contributed by atoms with Gasteiger partial charge in [-0.15, -0.1) is 0 Å². The van der Waals surface area contributed by atoms with Crippen LogP contribution in [-0.4, -0.2) is 49.0 Å². The smallest absolute Gasteiger partial charge is 0.233 e. The van der Waals surface area contributed by atoms with E-state index >= 15 is 0 Å². The summed E-state index contributed by atoms with van der Waals surface area (Å²) in [6.45, 7) is 1.55. The van der Waals surface area contributed by atoms with Crippen LogP contribution in [0.3, 0.4) is 0 Å². The molecule has 0 aromatic rings. The van der Waals surface area contributed by atoms with Crippen molar-refractivity contribution in [3.8, 4) is 0 Å². The van der Waals surface area contributed by atoms with Gasteiger partial charge in [-0.1, -0.05) is 30.8 Å². The van der Waals surface area contributed by atoms with Crippen LogP contribution < -0.4 is 11.1 Å². The van der Waals surface area contributed by atoms with E-state index in [9.17, 15) is 4.79 Å². The van der Waals surface area contributed by atoms with Crippen LogP contribution in [-0.2, 0) is 4.79 Å². The molecule has 0 saturated heterocycles. The number of carbonyl (C=O) groups excluding carboxylic acids is 1. The lowest BCUT2D eigenvalue weighted by Gasteiger charge is -2.30. The van der Waals surface area contributed by atoms with Crippen molar-refractivity contribution in [2.24, 2.45) is 16.3 Å². The Bertz CT molecular complexity index is 334. The summed E-state index contributed by atoms with van der Waals surface area (Å²) in [4.78, 5) is 14.6. The van der Waals surface area contributed by atoms with E-state index < -0.39 is 5.41 Å². The molecule has 0 aromatic heterocycles. The maximum atomic E-state index is 12.5. The van der Waals surface area contributed by atoms with Crippen molar-refractivity contribution in [1.82, 2.24) is 10.2 Å². The molecule has 0 atom stereocenters. The van der Waals surface area contributed by atoms with Crippen LogP contribution in [0.5, 0.6) is 0 Å². The van der Waals surface area contributed by atoms with Gasteiger partial charge >= 0.3 is 0 Å². The lowest BCUT2D eigenvalue weighted by atomic mass is 9.78. The Labute approximate surface area is 121 Å². The summed E-state index contributed by atoms with van der Waals surface area (Å²) in [6, 6.07) is 0. The van der Waals surface area contributed by atoms with E-state index in [0.717, 1.165) is 38.6 Å². The van der Waals surface area contributed by atoms with Crippen LogP contribution in [0.1, 0.15) is 44.9 Å². The standard InChI is InChI=1S/C14H28N4O2/c1-18(2)11-7-10-16-13(19)14(12(15)17-20)8-5-3-4-6-9-14/h20H,3-11H2,1-2H3,(H2,15,17)(H,16,19). The van der Waals surface area contributed by atoms with E-state index in [1.54, 1.807) is 0 Å². The SMILES string of the molecule is CN(C)CCCNC(=O)C1(C(N)=NO)CCCCCC1. The summed E-state index contributed by atoms with van der Waals surface area (Å²) < 4.78 is 0. The number of nitrogens with zero attached hydrogens (tertiary/aromatic N) is 2. The Kier molecular flexibility index (Phi) is 6.78. The zero-order valence-electron chi connectivity index (χ0n) is 12.7. The van der Waals surface area contributed by atoms with Crippen molar-refractivity contribution < 1.29 is 10.0 Å². The highest BCUT2D eigenvalue weighted by Crippen LogP contribution is 2.35. The minimum atomic E-state index is -0.816. The van der Waals surface area contributed by atoms with Gasteiger partial charge in [-0.05, 0) is 39.9 Å². The fourth-order valence-electron chi connectivity index (χ4n) is 2.79. The summed E-state index contributed by atoms with van der Waals surface area (Å²) in [7, 11) is 4.01. The Hall–Kier alpha value is -1.30. The molecule has 1 fully saturated rings. The largest absolute Gasteiger partial charge is 0.409 e. The molecule has 0 bridgehead atoms. The van der Waals surface area contributed by atoms with Gasteiger partial charge in [0.05, 0.1) is 0 Å². The predicted octanol–water partition coefficient (Wildman–Crippen LogP) is 1.14. The van der Waals surface area contributed by atoms with Crippen molar-refractivity contribution >= 4 is 11.7 Å². The van der Waals surface area contributed by atoms with E-state index in [-0.39, 0.29) is 11.7 Å². The number of oxime groups is 1. The van der Waals surface area contributed by atoms with Crippen molar-refractivity contribution in [2.45, 2.75) is 44.9 Å². The molecule has 0 heterocycles. The van der Waals surface area contributed by atoms with Gasteiger partial charge in [0, 0.05) is 6.54 Å². The minimum Gasteiger partial charge on any atom is -0.409 e. The van der Waals surface area contributed by atoms with E-state index in [1.165, 1.54) is 0 Å². The second kappa shape index (κ2) is 8.09. The first-order valence-electron chi connectivity index (χ1n) is 7.44. The normalized spacial score (nSPS) is 19.6. The fraction of sp³-hybridized carbons (Fsp3) is 0.857. The van der Waals surface area contributed by atoms with E-state index in [0.29, 0.717) is 19.4 Å². The van der Waals surface area contributed by atoms with E-state index in [2.05, 4.69) is 15.4 Å². The molecule has 4 N–H and O–H groups in total. The van der Waals surface area contributed by atoms with Gasteiger partial charge in [0.15, 0.2) is 5.84 Å². The zero-order valence-corrected chi connectivity index (χ0v) is 12.7. The summed E-state index contributed by atoms with van der Waals surface area (Å²) in [5.41, 5.74) is 5.02. The quantitative estimate of drug-likeness (QED) is 0.170. The lowest BCUT2D eigenvalue weighted by Crippen LogP contribution is -2.50. The highest BCUT2D eigenvalue weighted by atomic mass is 16.4. The van der Waals surface area contributed by atoms with Crippen molar-refractivity contribution in [2.75, 3.05) is 27.2 Å². The average molecular weight is 284 g/mol. The molecule has 0 unspecified atom stereocenters. The molecule has 6 nitrogen and oxygen atoms in total. The zero-order chi connectivity index (χ0) is 15.0. The molecule has 1 amide bonds. The maximum Gasteiger partial charge on any atom is 0.233 e. The van der Waals surface area contributed by atoms with Gasteiger partial charge in [-0.25, -0.2) is 0 Å². The third-order valence-electron chi connectivity index (χ3n) is 4.06. The van der Waals surface area contributed by atoms with Crippen LogP contribution in [0, 0.1) is 5.41 Å². The van der Waals surface area contributed by atoms with Crippen molar-refractivity contribution in [3.05, 3.63) is 0 Å². The number of rotatable bonds is 6. The van der Waals surface area contributed by atoms with Crippen LogP contribution in [0.2, 0.25) is 0 Å². The highest BCUT2D eigenvalue weighted by molar-refractivity contribution is 6.06. The Morgan fingerprint density at radius 1 is 1.30 bits per heavy atom. The fourth-order valence-corrected chi connectivity index (χ4v) is 2.79. The first-order valence-corrected chi connectivity index (χ1v) is 7.44. The minimum absolute atomic E-state index is 0.0597. The van der Waals surface area contributed by atoms with Crippen molar-refractivity contribution in [1.29, 1.82) is 0 Å². The third-order valence-corrected chi connectivity index (χ3v) is 4.06. The highest BCUT2D eigenvalue weighted by Gasteiger charge is 2.42. The Morgan fingerprint density at radius 3 is 2.40 bits per heavy atom. The number of carbonyl (C=O) groups is 1. The molecule has 0 radical (unpaired) electrons. The first kappa shape index (κ1) is 16.8. The molecule has 1 aliphatic rings. The van der Waals surface area contributed by atoms with Gasteiger partial charge in [-0.3, -0.25) is 4.79 Å². The molecule has 6 heteroatoms. The summed E-state index contributed by atoms with van der Waals surface area (Å²) in [5.74, 6) is -0.0297. The molecule has 0 aliphatic heterocycles. The second-order valence-electron chi connectivity index (χ2n) is 5.89. The Balaban J connectivity index is 2.65. The lowest BCUT2D eigenvalue weighted by molar-refractivity contribution is -0.128. The molecule has 20 heavy (non-hydrogen) atoms. The third kappa shape index (κ3) is 4.37. The van der Waals surface area contributed by atoms with Crippen LogP contribution in [0.4, 0.5) is 0 Å². The average Bonchev–Trinajstić information content (AvgIpc) is 2.69. The van der Waals surface area contributed by atoms with Gasteiger partial charge in [-0.2, -0.15) is 0 Å². The number of hydrogen-bond acceptors (Lipinski definition) is 4. The molecule has 1 saturated carbocycles. The summed E-state index contributed by atoms with van der Waals surface area (Å²) in [5, 5.41) is 15.1. The van der Waals surface area contributed by atoms with Crippen LogP contribution in [0.15, 0.2) is 5.16 Å². The molecular weight excluding hydrogens is 256 g/mol. The van der Waals surface area contributed by atoms with Crippen LogP contribution in [0.25, 0.3) is 0 Å². The molecule has 0 spiro atoms. The van der Waals surface area contributed by atoms with Gasteiger partial charge in [0.2, 0.25) is 5.91 Å². The van der Waals surface area contributed by atoms with E-state index in [4.69, 9.17) is 10.9 Å². The van der Waals surface area contributed by atoms with Crippen LogP contribution >= 0.6 is 0 Å². The predicted molar refractivity (Wildman–Crippen MR) is 79.7 cm³/mol. The maximum absolute atomic E-state index is 12.5. The Morgan fingerprint density at radius 2 is 1.90 bits per heavy atom. The second-order valence-corrected chi connectivity index (χ2v) is 5.89. The van der Waals surface area contributed by atoms with Gasteiger partial charge in [0.1, 0.15) is 5.41 Å². The van der Waals surface area contributed by atoms with Crippen molar-refractivity contribution in [3.63, 3.8) is 0 Å². The molecule has 0 aromatic carbocycles. The summed E-state index contributed by atoms with van der Waals surface area (Å²) in [6.07, 6.45) is 6.33. The summed E-state index contributed by atoms with van der Waals surface area (Å²) >= 11 is 0. The number of amides is 1.